The molecule has 15 heavy (non-hydrogen) atoms. The summed E-state index contributed by atoms with van der Waals surface area (Å²) in [5.74, 6) is 0.378. The molecule has 2 unspecified atom stereocenters. The topological polar surface area (TPSA) is 52.6 Å². The van der Waals surface area contributed by atoms with Gasteiger partial charge in [0.25, 0.3) is 0 Å². The summed E-state index contributed by atoms with van der Waals surface area (Å²) < 4.78 is 32.9. The third-order valence-electron chi connectivity index (χ3n) is 2.71. The molecule has 4 nitrogen and oxygen atoms in total. The molecule has 0 aromatic heterocycles. The van der Waals surface area contributed by atoms with Crippen molar-refractivity contribution in [3.8, 4) is 0 Å². The molecule has 1 aliphatic heterocycles. The minimum atomic E-state index is -3.81. The smallest absolute Gasteiger partial charge is 0.245 e. The standard InChI is InChI=1S/C10H20O4S/c1-7(2)9-5-6-10(8(3)4)14-15(11,12)13-9/h7-10H,5-6H2,1-4H3. The van der Waals surface area contributed by atoms with Crippen LogP contribution in [0.3, 0.4) is 0 Å². The van der Waals surface area contributed by atoms with Gasteiger partial charge in [-0.1, -0.05) is 27.7 Å². The molecule has 0 N–H and O–H groups in total. The summed E-state index contributed by atoms with van der Waals surface area (Å²) in [6.07, 6.45) is 0.969. The molecule has 0 bridgehead atoms. The van der Waals surface area contributed by atoms with Crippen LogP contribution in [0.1, 0.15) is 40.5 Å². The van der Waals surface area contributed by atoms with Crippen LogP contribution >= 0.6 is 0 Å². The van der Waals surface area contributed by atoms with Crippen LogP contribution in [0.4, 0.5) is 0 Å². The van der Waals surface area contributed by atoms with Gasteiger partial charge in [-0.05, 0) is 24.7 Å². The van der Waals surface area contributed by atoms with Gasteiger partial charge in [0.1, 0.15) is 0 Å². The van der Waals surface area contributed by atoms with Gasteiger partial charge in [-0.25, -0.2) is 8.37 Å². The Bertz CT molecular complexity index is 271. The molecule has 1 rings (SSSR count). The van der Waals surface area contributed by atoms with Gasteiger partial charge in [-0.15, -0.1) is 0 Å². The predicted octanol–water partition coefficient (Wildman–Crippen LogP) is 2.11. The van der Waals surface area contributed by atoms with Gasteiger partial charge in [0.05, 0.1) is 12.2 Å². The Kier molecular flexibility index (Phi) is 4.14. The molecule has 1 fully saturated rings. The van der Waals surface area contributed by atoms with Crippen molar-refractivity contribution in [2.45, 2.75) is 52.7 Å². The van der Waals surface area contributed by atoms with Crippen molar-refractivity contribution in [3.63, 3.8) is 0 Å². The fourth-order valence-corrected chi connectivity index (χ4v) is 2.93. The maximum absolute atomic E-state index is 11.5. The van der Waals surface area contributed by atoms with E-state index >= 15 is 0 Å². The van der Waals surface area contributed by atoms with E-state index in [1.807, 2.05) is 27.7 Å². The Morgan fingerprint density at radius 2 is 1.27 bits per heavy atom. The molecule has 90 valence electrons. The molecular weight excluding hydrogens is 216 g/mol. The lowest BCUT2D eigenvalue weighted by molar-refractivity contribution is 0.124. The number of hydrogen-bond acceptors (Lipinski definition) is 4. The highest BCUT2D eigenvalue weighted by atomic mass is 32.3. The van der Waals surface area contributed by atoms with Crippen LogP contribution in [-0.4, -0.2) is 20.6 Å². The molecule has 2 atom stereocenters. The minimum absolute atomic E-state index is 0.189. The Balaban J connectivity index is 2.78. The third-order valence-corrected chi connectivity index (χ3v) is 3.67. The van der Waals surface area contributed by atoms with Crippen LogP contribution in [0.25, 0.3) is 0 Å². The lowest BCUT2D eigenvalue weighted by atomic mass is 9.96. The van der Waals surface area contributed by atoms with E-state index in [2.05, 4.69) is 0 Å². The van der Waals surface area contributed by atoms with Gasteiger partial charge in [0.15, 0.2) is 0 Å². The largest absolute Gasteiger partial charge is 0.400 e. The monoisotopic (exact) mass is 236 g/mol. The lowest BCUT2D eigenvalue weighted by Crippen LogP contribution is -2.23. The summed E-state index contributed by atoms with van der Waals surface area (Å²) in [6, 6.07) is 0. The third kappa shape index (κ3) is 3.74. The van der Waals surface area contributed by atoms with E-state index in [1.54, 1.807) is 0 Å². The average molecular weight is 236 g/mol. The van der Waals surface area contributed by atoms with Crippen molar-refractivity contribution in [3.05, 3.63) is 0 Å². The summed E-state index contributed by atoms with van der Waals surface area (Å²) in [4.78, 5) is 0. The first-order valence-corrected chi connectivity index (χ1v) is 6.76. The Hall–Kier alpha value is -0.130. The van der Waals surface area contributed by atoms with Crippen LogP contribution in [0.2, 0.25) is 0 Å². The first-order valence-electron chi connectivity index (χ1n) is 5.43. The molecule has 1 aliphatic rings. The molecule has 0 amide bonds. The van der Waals surface area contributed by atoms with E-state index in [0.717, 1.165) is 12.8 Å². The second-order valence-corrected chi connectivity index (χ2v) is 5.94. The van der Waals surface area contributed by atoms with Crippen molar-refractivity contribution in [2.24, 2.45) is 11.8 Å². The molecule has 0 aliphatic carbocycles. The van der Waals surface area contributed by atoms with Crippen molar-refractivity contribution in [1.29, 1.82) is 0 Å². The van der Waals surface area contributed by atoms with E-state index in [-0.39, 0.29) is 24.0 Å². The van der Waals surface area contributed by atoms with Crippen molar-refractivity contribution in [2.75, 3.05) is 0 Å². The van der Waals surface area contributed by atoms with Crippen LogP contribution < -0.4 is 0 Å². The predicted molar refractivity (Wildman–Crippen MR) is 57.6 cm³/mol. The maximum atomic E-state index is 11.5. The van der Waals surface area contributed by atoms with Gasteiger partial charge in [-0.2, -0.15) is 8.42 Å². The van der Waals surface area contributed by atoms with E-state index in [1.165, 1.54) is 0 Å². The van der Waals surface area contributed by atoms with Gasteiger partial charge in [0.2, 0.25) is 0 Å². The SMILES string of the molecule is CC(C)C1CCC(C(C)C)OS(=O)(=O)O1. The fraction of sp³-hybridized carbons (Fsp3) is 1.00. The highest BCUT2D eigenvalue weighted by molar-refractivity contribution is 7.81. The number of rotatable bonds is 2. The molecule has 0 saturated carbocycles. The minimum Gasteiger partial charge on any atom is -0.245 e. The zero-order valence-electron chi connectivity index (χ0n) is 9.76. The summed E-state index contributed by atoms with van der Waals surface area (Å²) in [5, 5.41) is 0. The summed E-state index contributed by atoms with van der Waals surface area (Å²) in [5.41, 5.74) is 0. The first-order chi connectivity index (χ1) is 6.82. The quantitative estimate of drug-likeness (QED) is 0.737. The highest BCUT2D eigenvalue weighted by Crippen LogP contribution is 2.26. The molecule has 0 aromatic carbocycles. The Labute approximate surface area is 92.3 Å². The van der Waals surface area contributed by atoms with Gasteiger partial charge < -0.3 is 0 Å². The summed E-state index contributed by atoms with van der Waals surface area (Å²) >= 11 is 0. The average Bonchev–Trinajstić information content (AvgIpc) is 2.23. The molecule has 0 aromatic rings. The molecule has 5 heteroatoms. The van der Waals surface area contributed by atoms with Crippen LogP contribution in [-0.2, 0) is 18.8 Å². The second kappa shape index (κ2) is 4.80. The Morgan fingerprint density at radius 3 is 1.53 bits per heavy atom. The van der Waals surface area contributed by atoms with Crippen molar-refractivity contribution < 1.29 is 16.8 Å². The summed E-state index contributed by atoms with van der Waals surface area (Å²) in [6.45, 7) is 7.82. The van der Waals surface area contributed by atoms with Gasteiger partial charge in [0, 0.05) is 0 Å². The zero-order chi connectivity index (χ0) is 11.6. The summed E-state index contributed by atoms with van der Waals surface area (Å²) in [7, 11) is -3.81. The van der Waals surface area contributed by atoms with Crippen molar-refractivity contribution >= 4 is 10.4 Å². The zero-order valence-corrected chi connectivity index (χ0v) is 10.6. The van der Waals surface area contributed by atoms with Crippen LogP contribution in [0, 0.1) is 11.8 Å². The molecular formula is C10H20O4S. The van der Waals surface area contributed by atoms with Gasteiger partial charge in [-0.3, -0.25) is 0 Å². The van der Waals surface area contributed by atoms with E-state index < -0.39 is 10.4 Å². The first kappa shape index (κ1) is 12.9. The van der Waals surface area contributed by atoms with Crippen molar-refractivity contribution in [1.82, 2.24) is 0 Å². The fourth-order valence-electron chi connectivity index (χ4n) is 1.64. The molecule has 1 saturated heterocycles. The van der Waals surface area contributed by atoms with E-state index in [0.29, 0.717) is 0 Å². The lowest BCUT2D eigenvalue weighted by Gasteiger charge is -2.16. The second-order valence-electron chi connectivity index (χ2n) is 4.74. The highest BCUT2D eigenvalue weighted by Gasteiger charge is 2.32. The molecule has 1 heterocycles. The normalized spacial score (nSPS) is 31.9. The van der Waals surface area contributed by atoms with Crippen LogP contribution in [0.15, 0.2) is 0 Å². The van der Waals surface area contributed by atoms with E-state index in [4.69, 9.17) is 8.37 Å². The molecule has 0 spiro atoms. The van der Waals surface area contributed by atoms with Crippen LogP contribution in [0.5, 0.6) is 0 Å². The maximum Gasteiger partial charge on any atom is 0.400 e. The molecule has 0 radical (unpaired) electrons. The van der Waals surface area contributed by atoms with E-state index in [9.17, 15) is 8.42 Å². The number of hydrogen-bond donors (Lipinski definition) is 0. The Morgan fingerprint density at radius 1 is 0.933 bits per heavy atom. The van der Waals surface area contributed by atoms with Gasteiger partial charge >= 0.3 is 10.4 Å².